The van der Waals surface area contributed by atoms with Gasteiger partial charge < -0.3 is 15.8 Å². The van der Waals surface area contributed by atoms with Crippen molar-refractivity contribution in [2.45, 2.75) is 25.4 Å². The number of nitrogens with two attached hydrogens (primary N) is 1. The number of nitrogens with zero attached hydrogens (tertiary/aromatic N) is 1. The lowest BCUT2D eigenvalue weighted by molar-refractivity contribution is -0.141. The molecule has 0 unspecified atom stereocenters. The molecular formula is C13H18F3N3O. The van der Waals surface area contributed by atoms with Crippen LogP contribution in [-0.4, -0.2) is 25.2 Å². The number of nitrogen functional groups attached to an aromatic ring is 1. The van der Waals surface area contributed by atoms with Crippen LogP contribution >= 0.6 is 0 Å². The average molecular weight is 289 g/mol. The molecule has 0 bridgehead atoms. The van der Waals surface area contributed by atoms with Crippen molar-refractivity contribution in [3.05, 3.63) is 18.0 Å². The first kappa shape index (κ1) is 14.9. The molecule has 1 saturated carbocycles. The van der Waals surface area contributed by atoms with Crippen molar-refractivity contribution >= 4 is 11.4 Å². The largest absolute Gasteiger partial charge is 0.433 e. The summed E-state index contributed by atoms with van der Waals surface area (Å²) in [4.78, 5) is 3.31. The van der Waals surface area contributed by atoms with Crippen molar-refractivity contribution in [2.24, 2.45) is 5.41 Å². The van der Waals surface area contributed by atoms with E-state index in [1.165, 1.54) is 0 Å². The molecule has 0 spiro atoms. The number of ether oxygens (including phenoxy) is 1. The van der Waals surface area contributed by atoms with Gasteiger partial charge in [0.15, 0.2) is 0 Å². The first-order valence-electron chi connectivity index (χ1n) is 6.42. The van der Waals surface area contributed by atoms with Crippen LogP contribution in [0.15, 0.2) is 12.3 Å². The normalized spacial score (nSPS) is 17.0. The van der Waals surface area contributed by atoms with Crippen molar-refractivity contribution in [3.8, 4) is 0 Å². The van der Waals surface area contributed by atoms with Gasteiger partial charge in [-0.25, -0.2) is 4.98 Å². The molecule has 0 aromatic carbocycles. The SMILES string of the molecule is COCCC1(CNc2cc(C(F)(F)F)ncc2N)CC1. The molecule has 0 amide bonds. The van der Waals surface area contributed by atoms with Crippen molar-refractivity contribution in [2.75, 3.05) is 31.3 Å². The number of anilines is 2. The molecule has 1 aromatic heterocycles. The summed E-state index contributed by atoms with van der Waals surface area (Å²) in [6.45, 7) is 1.25. The van der Waals surface area contributed by atoms with Crippen LogP contribution in [-0.2, 0) is 10.9 Å². The van der Waals surface area contributed by atoms with Crippen LogP contribution in [0.5, 0.6) is 0 Å². The van der Waals surface area contributed by atoms with Gasteiger partial charge in [-0.05, 0) is 30.7 Å². The van der Waals surface area contributed by atoms with Gasteiger partial charge in [0.05, 0.1) is 17.6 Å². The Kier molecular flexibility index (Phi) is 4.08. The number of rotatable bonds is 6. The Bertz CT molecular complexity index is 472. The van der Waals surface area contributed by atoms with Gasteiger partial charge in [-0.3, -0.25) is 0 Å². The predicted octanol–water partition coefficient (Wildman–Crippen LogP) is 2.91. The van der Waals surface area contributed by atoms with E-state index in [9.17, 15) is 13.2 Å². The van der Waals surface area contributed by atoms with E-state index in [0.717, 1.165) is 31.5 Å². The van der Waals surface area contributed by atoms with E-state index in [0.29, 0.717) is 13.2 Å². The van der Waals surface area contributed by atoms with Crippen molar-refractivity contribution < 1.29 is 17.9 Å². The second-order valence-corrected chi connectivity index (χ2v) is 5.25. The highest BCUT2D eigenvalue weighted by Gasteiger charge is 2.42. The lowest BCUT2D eigenvalue weighted by Gasteiger charge is -2.18. The third-order valence-corrected chi connectivity index (χ3v) is 3.67. The third-order valence-electron chi connectivity index (χ3n) is 3.67. The average Bonchev–Trinajstić information content (AvgIpc) is 3.15. The number of pyridine rings is 1. The molecule has 2 rings (SSSR count). The van der Waals surface area contributed by atoms with Gasteiger partial charge in [0, 0.05) is 20.3 Å². The Balaban J connectivity index is 2.02. The molecule has 7 heteroatoms. The molecule has 20 heavy (non-hydrogen) atoms. The Morgan fingerprint density at radius 2 is 2.15 bits per heavy atom. The number of halogens is 3. The molecule has 112 valence electrons. The Labute approximate surface area is 115 Å². The molecule has 0 saturated heterocycles. The molecule has 0 radical (unpaired) electrons. The lowest BCUT2D eigenvalue weighted by atomic mass is 10.0. The molecule has 1 fully saturated rings. The number of hydrogen-bond acceptors (Lipinski definition) is 4. The van der Waals surface area contributed by atoms with Gasteiger partial charge >= 0.3 is 6.18 Å². The van der Waals surface area contributed by atoms with Gasteiger partial charge in [-0.15, -0.1) is 0 Å². The molecule has 1 aromatic rings. The molecule has 1 heterocycles. The number of nitrogens with one attached hydrogen (secondary N) is 1. The highest BCUT2D eigenvalue weighted by atomic mass is 19.4. The summed E-state index contributed by atoms with van der Waals surface area (Å²) in [5, 5.41) is 3.02. The molecule has 0 atom stereocenters. The van der Waals surface area contributed by atoms with E-state index in [-0.39, 0.29) is 16.8 Å². The van der Waals surface area contributed by atoms with Crippen LogP contribution in [0.25, 0.3) is 0 Å². The molecular weight excluding hydrogens is 271 g/mol. The smallest absolute Gasteiger partial charge is 0.396 e. The number of aromatic nitrogens is 1. The standard InChI is InChI=1S/C13H18F3N3O/c1-20-5-4-12(2-3-12)8-19-10-6-11(13(14,15)16)18-7-9(10)17/h6-7H,2-5,8,17H2,1H3,(H,18,19). The molecule has 1 aliphatic rings. The summed E-state index contributed by atoms with van der Waals surface area (Å²) in [6.07, 6.45) is -0.411. The highest BCUT2D eigenvalue weighted by Crippen LogP contribution is 2.49. The number of alkyl halides is 3. The van der Waals surface area contributed by atoms with Gasteiger partial charge in [-0.1, -0.05) is 0 Å². The van der Waals surface area contributed by atoms with Gasteiger partial charge in [-0.2, -0.15) is 13.2 Å². The quantitative estimate of drug-likeness (QED) is 0.845. The molecule has 0 aliphatic heterocycles. The maximum atomic E-state index is 12.6. The maximum Gasteiger partial charge on any atom is 0.433 e. The summed E-state index contributed by atoms with van der Waals surface area (Å²) < 4.78 is 42.9. The fourth-order valence-electron chi connectivity index (χ4n) is 2.07. The second-order valence-electron chi connectivity index (χ2n) is 5.25. The van der Waals surface area contributed by atoms with Crippen LogP contribution in [0.2, 0.25) is 0 Å². The fraction of sp³-hybridized carbons (Fsp3) is 0.615. The second kappa shape index (κ2) is 5.47. The van der Waals surface area contributed by atoms with E-state index in [1.54, 1.807) is 7.11 Å². The Morgan fingerprint density at radius 3 is 2.70 bits per heavy atom. The first-order valence-corrected chi connectivity index (χ1v) is 6.42. The van der Waals surface area contributed by atoms with E-state index < -0.39 is 11.9 Å². The van der Waals surface area contributed by atoms with Crippen molar-refractivity contribution in [1.82, 2.24) is 4.98 Å². The van der Waals surface area contributed by atoms with Crippen molar-refractivity contribution in [1.29, 1.82) is 0 Å². The Morgan fingerprint density at radius 1 is 1.45 bits per heavy atom. The van der Waals surface area contributed by atoms with Crippen LogP contribution in [0, 0.1) is 5.41 Å². The molecule has 3 N–H and O–H groups in total. The molecule has 4 nitrogen and oxygen atoms in total. The summed E-state index contributed by atoms with van der Waals surface area (Å²) in [6, 6.07) is 0.960. The zero-order valence-corrected chi connectivity index (χ0v) is 11.3. The Hall–Kier alpha value is -1.50. The summed E-state index contributed by atoms with van der Waals surface area (Å²) in [5.41, 5.74) is 5.37. The monoisotopic (exact) mass is 289 g/mol. The number of methoxy groups -OCH3 is 1. The van der Waals surface area contributed by atoms with E-state index in [4.69, 9.17) is 10.5 Å². The van der Waals surface area contributed by atoms with Crippen LogP contribution < -0.4 is 11.1 Å². The maximum absolute atomic E-state index is 12.6. The van der Waals surface area contributed by atoms with Gasteiger partial charge in [0.2, 0.25) is 0 Å². The molecule has 1 aliphatic carbocycles. The number of hydrogen-bond donors (Lipinski definition) is 2. The fourth-order valence-corrected chi connectivity index (χ4v) is 2.07. The van der Waals surface area contributed by atoms with Crippen LogP contribution in [0.4, 0.5) is 24.5 Å². The zero-order valence-electron chi connectivity index (χ0n) is 11.3. The predicted molar refractivity (Wildman–Crippen MR) is 70.3 cm³/mol. The third kappa shape index (κ3) is 3.53. The minimum absolute atomic E-state index is 0.129. The van der Waals surface area contributed by atoms with Gasteiger partial charge in [0.25, 0.3) is 0 Å². The van der Waals surface area contributed by atoms with Crippen LogP contribution in [0.3, 0.4) is 0 Å². The van der Waals surface area contributed by atoms with E-state index in [1.807, 2.05) is 0 Å². The van der Waals surface area contributed by atoms with Gasteiger partial charge in [0.1, 0.15) is 5.69 Å². The minimum Gasteiger partial charge on any atom is -0.396 e. The van der Waals surface area contributed by atoms with Crippen molar-refractivity contribution in [3.63, 3.8) is 0 Å². The summed E-state index contributed by atoms with van der Waals surface area (Å²) in [7, 11) is 1.64. The summed E-state index contributed by atoms with van der Waals surface area (Å²) >= 11 is 0. The highest BCUT2D eigenvalue weighted by molar-refractivity contribution is 5.65. The lowest BCUT2D eigenvalue weighted by Crippen LogP contribution is -2.19. The zero-order chi connectivity index (χ0) is 14.8. The first-order chi connectivity index (χ1) is 9.36. The van der Waals surface area contributed by atoms with E-state index in [2.05, 4.69) is 10.3 Å². The minimum atomic E-state index is -4.46. The van der Waals surface area contributed by atoms with E-state index >= 15 is 0 Å². The summed E-state index contributed by atoms with van der Waals surface area (Å²) in [5.74, 6) is 0. The van der Waals surface area contributed by atoms with Crippen LogP contribution in [0.1, 0.15) is 25.0 Å². The topological polar surface area (TPSA) is 60.2 Å².